The van der Waals surface area contributed by atoms with Crippen LogP contribution in [0.2, 0.25) is 0 Å². The second kappa shape index (κ2) is 8.04. The lowest BCUT2D eigenvalue weighted by molar-refractivity contribution is -0.249. The third-order valence-electron chi connectivity index (χ3n) is 4.88. The molecule has 0 aliphatic carbocycles. The molecule has 0 amide bonds. The number of aliphatic hydroxyl groups is 2. The van der Waals surface area contributed by atoms with Gasteiger partial charge in [-0.05, 0) is 24.3 Å². The lowest BCUT2D eigenvalue weighted by atomic mass is 10.0. The van der Waals surface area contributed by atoms with E-state index in [1.807, 2.05) is 0 Å². The lowest BCUT2D eigenvalue weighted by Crippen LogP contribution is -2.45. The zero-order chi connectivity index (χ0) is 19.7. The quantitative estimate of drug-likeness (QED) is 0.620. The molecule has 150 valence electrons. The molecule has 4 rings (SSSR count). The maximum atomic E-state index is 10.8. The number of rotatable bonds is 3. The zero-order valence-electron chi connectivity index (χ0n) is 14.9. The number of aliphatic hydroxyl groups excluding tert-OH is 2. The first-order chi connectivity index (χ1) is 13.5. The number of phenols is 2. The summed E-state index contributed by atoms with van der Waals surface area (Å²) in [5, 5.41) is 39.6. The van der Waals surface area contributed by atoms with Gasteiger partial charge in [-0.25, -0.2) is 0 Å². The minimum absolute atomic E-state index is 0.0410. The van der Waals surface area contributed by atoms with E-state index in [-0.39, 0.29) is 18.1 Å². The van der Waals surface area contributed by atoms with E-state index in [0.717, 1.165) is 0 Å². The summed E-state index contributed by atoms with van der Waals surface area (Å²) in [7, 11) is 0. The van der Waals surface area contributed by atoms with Crippen molar-refractivity contribution in [2.24, 2.45) is 0 Å². The fraction of sp³-hybridized carbons (Fsp3) is 0.400. The van der Waals surface area contributed by atoms with Gasteiger partial charge in [0.2, 0.25) is 0 Å². The number of ether oxygens (including phenoxy) is 4. The highest BCUT2D eigenvalue weighted by Gasteiger charge is 2.46. The molecule has 2 bridgehead atoms. The second-order valence-corrected chi connectivity index (χ2v) is 6.80. The van der Waals surface area contributed by atoms with E-state index < -0.39 is 43.6 Å². The lowest BCUT2D eigenvalue weighted by Gasteiger charge is -2.29. The Balaban J connectivity index is 1.59. The Labute approximate surface area is 161 Å². The van der Waals surface area contributed by atoms with E-state index in [0.29, 0.717) is 11.1 Å². The molecule has 2 saturated heterocycles. The molecule has 0 spiro atoms. The Hall–Kier alpha value is -2.20. The molecule has 6 atom stereocenters. The fourth-order valence-electron chi connectivity index (χ4n) is 3.35. The molecule has 2 aromatic rings. The van der Waals surface area contributed by atoms with E-state index in [2.05, 4.69) is 0 Å². The van der Waals surface area contributed by atoms with Crippen LogP contribution in [-0.2, 0) is 18.9 Å². The van der Waals surface area contributed by atoms with Crippen molar-refractivity contribution in [3.8, 4) is 11.5 Å². The molecule has 4 N–H and O–H groups in total. The maximum absolute atomic E-state index is 10.8. The standard InChI is InChI=1S/C20H22O8/c21-9-15-18-17(24)16(27-20(26-15)12-3-7-14(23)8-4-12)10-25-19(28-18)11-1-5-13(22)6-2-11/h1-8,15-24H,9-10H2/t15-,16+,17-,18-,19?,20?/m0/s1. The van der Waals surface area contributed by atoms with Crippen LogP contribution >= 0.6 is 0 Å². The van der Waals surface area contributed by atoms with Gasteiger partial charge in [-0.3, -0.25) is 0 Å². The summed E-state index contributed by atoms with van der Waals surface area (Å²) in [6.45, 7) is -0.353. The zero-order valence-corrected chi connectivity index (χ0v) is 14.9. The van der Waals surface area contributed by atoms with Gasteiger partial charge in [0.1, 0.15) is 35.9 Å². The summed E-state index contributed by atoms with van der Waals surface area (Å²) in [5.74, 6) is 0.222. The van der Waals surface area contributed by atoms with Crippen molar-refractivity contribution < 1.29 is 39.4 Å². The molecule has 0 aromatic heterocycles. The molecule has 8 heteroatoms. The molecule has 0 radical (unpaired) electrons. The Morgan fingerprint density at radius 1 is 0.786 bits per heavy atom. The van der Waals surface area contributed by atoms with Gasteiger partial charge >= 0.3 is 0 Å². The van der Waals surface area contributed by atoms with Crippen molar-refractivity contribution in [3.63, 3.8) is 0 Å². The molecule has 8 nitrogen and oxygen atoms in total. The monoisotopic (exact) mass is 390 g/mol. The van der Waals surface area contributed by atoms with E-state index in [4.69, 9.17) is 18.9 Å². The first kappa shape index (κ1) is 19.1. The minimum Gasteiger partial charge on any atom is -0.508 e. The van der Waals surface area contributed by atoms with Crippen LogP contribution in [0.1, 0.15) is 23.7 Å². The normalized spacial score (nSPS) is 33.1. The number of hydrogen-bond acceptors (Lipinski definition) is 8. The van der Waals surface area contributed by atoms with Gasteiger partial charge in [-0.1, -0.05) is 24.3 Å². The highest BCUT2D eigenvalue weighted by atomic mass is 16.7. The largest absolute Gasteiger partial charge is 0.508 e. The van der Waals surface area contributed by atoms with Crippen LogP contribution in [0.4, 0.5) is 0 Å². The number of aromatic hydroxyl groups is 2. The fourth-order valence-corrected chi connectivity index (χ4v) is 3.35. The van der Waals surface area contributed by atoms with Crippen LogP contribution in [0.15, 0.2) is 48.5 Å². The number of fused-ring (bicyclic) bond motifs is 2. The van der Waals surface area contributed by atoms with E-state index in [1.165, 1.54) is 24.3 Å². The van der Waals surface area contributed by atoms with Gasteiger partial charge in [0.15, 0.2) is 12.6 Å². The molecule has 0 saturated carbocycles. The summed E-state index contributed by atoms with van der Waals surface area (Å²) < 4.78 is 23.6. The minimum atomic E-state index is -1.08. The number of phenolic OH excluding ortho intramolecular Hbond substituents is 2. The van der Waals surface area contributed by atoms with Gasteiger partial charge in [0.25, 0.3) is 0 Å². The molecule has 28 heavy (non-hydrogen) atoms. The average Bonchev–Trinajstić information content (AvgIpc) is 2.94. The molecule has 2 unspecified atom stereocenters. The van der Waals surface area contributed by atoms with Gasteiger partial charge < -0.3 is 39.4 Å². The first-order valence-corrected chi connectivity index (χ1v) is 9.00. The van der Waals surface area contributed by atoms with E-state index in [1.54, 1.807) is 24.3 Å². The summed E-state index contributed by atoms with van der Waals surface area (Å²) in [6, 6.07) is 12.6. The number of hydrogen-bond donors (Lipinski definition) is 4. The third kappa shape index (κ3) is 3.83. The predicted molar refractivity (Wildman–Crippen MR) is 95.4 cm³/mol. The molecule has 2 aliphatic heterocycles. The SMILES string of the molecule is OC[C@@H]1OC(c2ccc(O)cc2)O[C@@H]2COC(c3ccc(O)cc3)O[C@@H]1[C@H]2O. The van der Waals surface area contributed by atoms with Crippen LogP contribution < -0.4 is 0 Å². The molecule has 2 fully saturated rings. The van der Waals surface area contributed by atoms with Gasteiger partial charge in [0.05, 0.1) is 13.2 Å². The molecule has 2 aromatic carbocycles. The Morgan fingerprint density at radius 3 is 1.93 bits per heavy atom. The number of benzene rings is 2. The van der Waals surface area contributed by atoms with Crippen LogP contribution in [0.25, 0.3) is 0 Å². The van der Waals surface area contributed by atoms with Crippen molar-refractivity contribution in [2.75, 3.05) is 13.2 Å². The van der Waals surface area contributed by atoms with Gasteiger partial charge in [-0.2, -0.15) is 0 Å². The summed E-state index contributed by atoms with van der Waals surface area (Å²) in [6.07, 6.45) is -5.25. The Kier molecular flexibility index (Phi) is 5.49. The topological polar surface area (TPSA) is 118 Å². The van der Waals surface area contributed by atoms with Crippen molar-refractivity contribution >= 4 is 0 Å². The van der Waals surface area contributed by atoms with Crippen molar-refractivity contribution in [3.05, 3.63) is 59.7 Å². The van der Waals surface area contributed by atoms with Crippen LogP contribution in [0.5, 0.6) is 11.5 Å². The van der Waals surface area contributed by atoms with Crippen molar-refractivity contribution in [1.82, 2.24) is 0 Å². The smallest absolute Gasteiger partial charge is 0.184 e. The average molecular weight is 390 g/mol. The van der Waals surface area contributed by atoms with Gasteiger partial charge in [-0.15, -0.1) is 0 Å². The van der Waals surface area contributed by atoms with E-state index >= 15 is 0 Å². The van der Waals surface area contributed by atoms with Gasteiger partial charge in [0, 0.05) is 11.1 Å². The van der Waals surface area contributed by atoms with E-state index in [9.17, 15) is 20.4 Å². The molecular weight excluding hydrogens is 368 g/mol. The van der Waals surface area contributed by atoms with Crippen LogP contribution in [0.3, 0.4) is 0 Å². The first-order valence-electron chi connectivity index (χ1n) is 9.00. The van der Waals surface area contributed by atoms with Crippen LogP contribution in [-0.4, -0.2) is 58.1 Å². The molecule has 2 aliphatic rings. The highest BCUT2D eigenvalue weighted by molar-refractivity contribution is 5.28. The highest BCUT2D eigenvalue weighted by Crippen LogP contribution is 2.36. The maximum Gasteiger partial charge on any atom is 0.184 e. The summed E-state index contributed by atoms with van der Waals surface area (Å²) in [5.41, 5.74) is 1.28. The molecule has 2 heterocycles. The molecular formula is C20H22O8. The summed E-state index contributed by atoms with van der Waals surface area (Å²) in [4.78, 5) is 0. The Morgan fingerprint density at radius 2 is 1.36 bits per heavy atom. The second-order valence-electron chi connectivity index (χ2n) is 6.80. The summed E-state index contributed by atoms with van der Waals surface area (Å²) >= 11 is 0. The van der Waals surface area contributed by atoms with Crippen LogP contribution in [0, 0.1) is 0 Å². The predicted octanol–water partition coefficient (Wildman–Crippen LogP) is 1.35. The van der Waals surface area contributed by atoms with Crippen molar-refractivity contribution in [1.29, 1.82) is 0 Å². The third-order valence-corrected chi connectivity index (χ3v) is 4.88. The van der Waals surface area contributed by atoms with Crippen molar-refractivity contribution in [2.45, 2.75) is 37.0 Å². The Bertz CT molecular complexity index is 776.